The van der Waals surface area contributed by atoms with Crippen LogP contribution in [0.25, 0.3) is 67.5 Å². The first-order chi connectivity index (χ1) is 22.1. The molecule has 0 amide bonds. The Bertz CT molecular complexity index is 2170. The van der Waals surface area contributed by atoms with Crippen molar-refractivity contribution in [3.8, 4) is 67.5 Å². The second-order valence-corrected chi connectivity index (χ2v) is 12.1. The molecule has 0 saturated heterocycles. The molecule has 7 aromatic rings. The smallest absolute Gasteiger partial charge is 0.164 e. The molecule has 1 aliphatic rings. The zero-order valence-corrected chi connectivity index (χ0v) is 25.3. The van der Waals surface area contributed by atoms with E-state index in [-0.39, 0.29) is 5.41 Å². The van der Waals surface area contributed by atoms with Crippen LogP contribution in [-0.2, 0) is 5.41 Å². The topological polar surface area (TPSA) is 38.7 Å². The summed E-state index contributed by atoms with van der Waals surface area (Å²) in [5.41, 5.74) is 12.9. The largest absolute Gasteiger partial charge is 0.208 e. The molecule has 0 atom stereocenters. The molecule has 1 aromatic heterocycles. The van der Waals surface area contributed by atoms with Gasteiger partial charge in [0.2, 0.25) is 0 Å². The second-order valence-electron chi connectivity index (χ2n) is 12.1. The molecule has 0 aliphatic heterocycles. The fourth-order valence-electron chi connectivity index (χ4n) is 6.71. The van der Waals surface area contributed by atoms with Crippen LogP contribution in [0.3, 0.4) is 0 Å². The van der Waals surface area contributed by atoms with E-state index < -0.39 is 0 Å². The highest BCUT2D eigenvalue weighted by molar-refractivity contribution is 5.88. The Labute approximate surface area is 264 Å². The Kier molecular flexibility index (Phi) is 6.46. The molecule has 0 saturated carbocycles. The normalized spacial score (nSPS) is 12.8. The quantitative estimate of drug-likeness (QED) is 0.204. The van der Waals surface area contributed by atoms with Gasteiger partial charge in [0.1, 0.15) is 0 Å². The molecule has 0 radical (unpaired) electrons. The molecule has 6 aromatic carbocycles. The molecule has 8 rings (SSSR count). The zero-order valence-electron chi connectivity index (χ0n) is 25.3. The van der Waals surface area contributed by atoms with Crippen molar-refractivity contribution in [3.63, 3.8) is 0 Å². The van der Waals surface area contributed by atoms with Gasteiger partial charge in [0.05, 0.1) is 0 Å². The van der Waals surface area contributed by atoms with Crippen molar-refractivity contribution in [2.75, 3.05) is 0 Å². The van der Waals surface area contributed by atoms with Gasteiger partial charge in [-0.15, -0.1) is 0 Å². The van der Waals surface area contributed by atoms with E-state index in [4.69, 9.17) is 15.0 Å². The SMILES string of the molecule is CC1(C)c2ccccc2-c2cccc(-c3cccc(-c4nc(-c5ccccc5)nc(-c5ccc(-c6ccccc6)cc5)n4)c3)c21. The first kappa shape index (κ1) is 26.9. The summed E-state index contributed by atoms with van der Waals surface area (Å²) in [6.45, 7) is 4.66. The van der Waals surface area contributed by atoms with Gasteiger partial charge in [-0.1, -0.05) is 159 Å². The van der Waals surface area contributed by atoms with E-state index in [0.717, 1.165) is 27.8 Å². The molecule has 0 unspecified atom stereocenters. The van der Waals surface area contributed by atoms with Crippen LogP contribution in [0.1, 0.15) is 25.0 Å². The summed E-state index contributed by atoms with van der Waals surface area (Å²) in [5, 5.41) is 0. The Morgan fingerprint density at radius 3 is 1.51 bits per heavy atom. The lowest BCUT2D eigenvalue weighted by Crippen LogP contribution is -2.16. The summed E-state index contributed by atoms with van der Waals surface area (Å²) in [4.78, 5) is 15.0. The third kappa shape index (κ3) is 4.74. The number of hydrogen-bond donors (Lipinski definition) is 0. The highest BCUT2D eigenvalue weighted by atomic mass is 15.0. The molecule has 0 fully saturated rings. The predicted octanol–water partition coefficient (Wildman–Crippen LogP) is 10.5. The summed E-state index contributed by atoms with van der Waals surface area (Å²) in [5.74, 6) is 1.97. The Balaban J connectivity index is 1.24. The molecule has 0 N–H and O–H groups in total. The van der Waals surface area contributed by atoms with Gasteiger partial charge in [-0.05, 0) is 50.6 Å². The van der Waals surface area contributed by atoms with E-state index in [1.54, 1.807) is 0 Å². The van der Waals surface area contributed by atoms with Crippen LogP contribution in [0.4, 0.5) is 0 Å². The van der Waals surface area contributed by atoms with Crippen molar-refractivity contribution < 1.29 is 0 Å². The maximum atomic E-state index is 5.05. The summed E-state index contributed by atoms with van der Waals surface area (Å²) in [6.07, 6.45) is 0. The Hall–Kier alpha value is -5.67. The maximum absolute atomic E-state index is 5.05. The number of nitrogens with zero attached hydrogens (tertiary/aromatic N) is 3. The van der Waals surface area contributed by atoms with Gasteiger partial charge in [0, 0.05) is 22.1 Å². The van der Waals surface area contributed by atoms with E-state index in [2.05, 4.69) is 129 Å². The lowest BCUT2D eigenvalue weighted by atomic mass is 9.79. The molecule has 45 heavy (non-hydrogen) atoms. The lowest BCUT2D eigenvalue weighted by molar-refractivity contribution is 0.662. The molecule has 0 bridgehead atoms. The lowest BCUT2D eigenvalue weighted by Gasteiger charge is -2.24. The van der Waals surface area contributed by atoms with E-state index in [1.165, 1.54) is 33.4 Å². The zero-order chi connectivity index (χ0) is 30.4. The van der Waals surface area contributed by atoms with Crippen LogP contribution in [-0.4, -0.2) is 15.0 Å². The van der Waals surface area contributed by atoms with Gasteiger partial charge < -0.3 is 0 Å². The van der Waals surface area contributed by atoms with Gasteiger partial charge in [-0.2, -0.15) is 0 Å². The molecule has 3 heteroatoms. The van der Waals surface area contributed by atoms with Crippen molar-refractivity contribution in [1.82, 2.24) is 15.0 Å². The molecule has 0 spiro atoms. The van der Waals surface area contributed by atoms with Crippen LogP contribution >= 0.6 is 0 Å². The molecule has 214 valence electrons. The van der Waals surface area contributed by atoms with E-state index in [9.17, 15) is 0 Å². The van der Waals surface area contributed by atoms with Crippen LogP contribution < -0.4 is 0 Å². The summed E-state index contributed by atoms with van der Waals surface area (Å²) < 4.78 is 0. The number of hydrogen-bond acceptors (Lipinski definition) is 3. The minimum Gasteiger partial charge on any atom is -0.208 e. The summed E-state index contributed by atoms with van der Waals surface area (Å²) in [6, 6.07) is 53.1. The Morgan fingerprint density at radius 2 is 0.800 bits per heavy atom. The number of benzene rings is 6. The summed E-state index contributed by atoms with van der Waals surface area (Å²) >= 11 is 0. The van der Waals surface area contributed by atoms with Crippen LogP contribution in [0, 0.1) is 0 Å². The monoisotopic (exact) mass is 577 g/mol. The fourth-order valence-corrected chi connectivity index (χ4v) is 6.71. The standard InChI is InChI=1S/C42H31N3/c1-42(2)37-22-10-9-19-35(37)36-21-12-20-34(38(36)42)32-17-11-18-33(27-32)41-44-39(30-15-7-4-8-16-30)43-40(45-41)31-25-23-29(24-26-31)28-13-5-3-6-14-28/h3-27H,1-2H3. The molecular formula is C42H31N3. The number of rotatable bonds is 5. The van der Waals surface area contributed by atoms with Crippen LogP contribution in [0.2, 0.25) is 0 Å². The first-order valence-corrected chi connectivity index (χ1v) is 15.4. The number of aromatic nitrogens is 3. The average molecular weight is 578 g/mol. The second kappa shape index (κ2) is 10.8. The predicted molar refractivity (Wildman–Crippen MR) is 185 cm³/mol. The minimum atomic E-state index is -0.106. The Morgan fingerprint density at radius 1 is 0.356 bits per heavy atom. The fraction of sp³-hybridized carbons (Fsp3) is 0.0714. The maximum Gasteiger partial charge on any atom is 0.164 e. The van der Waals surface area contributed by atoms with Gasteiger partial charge in [0.15, 0.2) is 17.5 Å². The van der Waals surface area contributed by atoms with Crippen molar-refractivity contribution in [2.24, 2.45) is 0 Å². The van der Waals surface area contributed by atoms with Crippen molar-refractivity contribution in [2.45, 2.75) is 19.3 Å². The third-order valence-electron chi connectivity index (χ3n) is 8.93. The summed E-state index contributed by atoms with van der Waals surface area (Å²) in [7, 11) is 0. The van der Waals surface area contributed by atoms with Gasteiger partial charge >= 0.3 is 0 Å². The van der Waals surface area contributed by atoms with E-state index >= 15 is 0 Å². The average Bonchev–Trinajstić information content (AvgIpc) is 3.35. The molecular weight excluding hydrogens is 546 g/mol. The first-order valence-electron chi connectivity index (χ1n) is 15.4. The number of fused-ring (bicyclic) bond motifs is 3. The van der Waals surface area contributed by atoms with Gasteiger partial charge in [-0.3, -0.25) is 0 Å². The van der Waals surface area contributed by atoms with E-state index in [0.29, 0.717) is 17.5 Å². The van der Waals surface area contributed by atoms with Crippen LogP contribution in [0.5, 0.6) is 0 Å². The van der Waals surface area contributed by atoms with E-state index in [1.807, 2.05) is 36.4 Å². The highest BCUT2D eigenvalue weighted by Gasteiger charge is 2.37. The van der Waals surface area contributed by atoms with Crippen molar-refractivity contribution in [1.29, 1.82) is 0 Å². The van der Waals surface area contributed by atoms with Crippen LogP contribution in [0.15, 0.2) is 152 Å². The van der Waals surface area contributed by atoms with Gasteiger partial charge in [-0.25, -0.2) is 15.0 Å². The molecule has 1 aliphatic carbocycles. The van der Waals surface area contributed by atoms with Gasteiger partial charge in [0.25, 0.3) is 0 Å². The minimum absolute atomic E-state index is 0.106. The van der Waals surface area contributed by atoms with Crippen molar-refractivity contribution >= 4 is 0 Å². The molecule has 1 heterocycles. The highest BCUT2D eigenvalue weighted by Crippen LogP contribution is 2.52. The third-order valence-corrected chi connectivity index (χ3v) is 8.93. The van der Waals surface area contributed by atoms with Crippen molar-refractivity contribution in [3.05, 3.63) is 163 Å². The molecule has 3 nitrogen and oxygen atoms in total.